The molecule has 0 spiro atoms. The van der Waals surface area contributed by atoms with Crippen molar-refractivity contribution in [1.82, 2.24) is 19.8 Å². The molecule has 0 saturated carbocycles. The van der Waals surface area contributed by atoms with E-state index in [9.17, 15) is 18.0 Å². The molecule has 2 aromatic heterocycles. The second-order valence-corrected chi connectivity index (χ2v) is 6.70. The molecule has 0 aromatic carbocycles. The summed E-state index contributed by atoms with van der Waals surface area (Å²) in [6.07, 6.45) is -3.55. The zero-order chi connectivity index (χ0) is 19.2. The Hall–Kier alpha value is -2.52. The Bertz CT molecular complexity index is 811. The number of alkyl halides is 3. The summed E-state index contributed by atoms with van der Waals surface area (Å²) in [5, 5.41) is 7.72. The molecule has 0 saturated heterocycles. The third kappa shape index (κ3) is 3.27. The van der Waals surface area contributed by atoms with Crippen LogP contribution in [0.1, 0.15) is 48.6 Å². The van der Waals surface area contributed by atoms with Gasteiger partial charge in [-0.2, -0.15) is 18.3 Å². The Morgan fingerprint density at radius 3 is 2.62 bits per heavy atom. The number of nitrogens with zero attached hydrogens (tertiary/aromatic N) is 5. The van der Waals surface area contributed by atoms with Crippen molar-refractivity contribution in [3.63, 3.8) is 0 Å². The number of carbonyl (C=O) groups is 1. The highest BCUT2D eigenvalue weighted by atomic mass is 19.4. The van der Waals surface area contributed by atoms with Gasteiger partial charge < -0.3 is 14.3 Å². The number of fused-ring (bicyclic) bond motifs is 1. The van der Waals surface area contributed by atoms with Crippen molar-refractivity contribution in [2.45, 2.75) is 52.1 Å². The van der Waals surface area contributed by atoms with Gasteiger partial charge in [-0.15, -0.1) is 0 Å². The normalized spacial score (nSPS) is 18.0. The van der Waals surface area contributed by atoms with Crippen LogP contribution in [0.25, 0.3) is 0 Å². The highest BCUT2D eigenvalue weighted by molar-refractivity contribution is 6.00. The molecular formula is C16H20F3N5O2. The van der Waals surface area contributed by atoms with Gasteiger partial charge in [-0.1, -0.05) is 19.0 Å². The molecule has 1 atom stereocenters. The number of hydrogen-bond donors (Lipinski definition) is 0. The van der Waals surface area contributed by atoms with E-state index < -0.39 is 18.6 Å². The predicted molar refractivity (Wildman–Crippen MR) is 86.6 cm³/mol. The summed E-state index contributed by atoms with van der Waals surface area (Å²) in [6, 6.07) is 1.76. The van der Waals surface area contributed by atoms with E-state index in [0.717, 1.165) is 5.69 Å². The largest absolute Gasteiger partial charge is 0.408 e. The lowest BCUT2D eigenvalue weighted by Gasteiger charge is -2.40. The summed E-state index contributed by atoms with van der Waals surface area (Å²) in [4.78, 5) is 16.1. The van der Waals surface area contributed by atoms with Crippen LogP contribution >= 0.6 is 0 Å². The second kappa shape index (κ2) is 6.33. The number of rotatable bonds is 4. The van der Waals surface area contributed by atoms with E-state index in [1.807, 2.05) is 13.8 Å². The molecule has 1 aliphatic heterocycles. The Morgan fingerprint density at radius 2 is 2.04 bits per heavy atom. The topological polar surface area (TPSA) is 67.4 Å². The predicted octanol–water partition coefficient (Wildman–Crippen LogP) is 3.00. The number of aromatic nitrogens is 3. The van der Waals surface area contributed by atoms with Crippen LogP contribution in [0.3, 0.4) is 0 Å². The van der Waals surface area contributed by atoms with Gasteiger partial charge in [0.1, 0.15) is 18.4 Å². The number of hydrogen-bond acceptors (Lipinski definition) is 5. The minimum Gasteiger partial charge on any atom is -0.359 e. The van der Waals surface area contributed by atoms with Crippen molar-refractivity contribution in [2.75, 3.05) is 11.9 Å². The fourth-order valence-electron chi connectivity index (χ4n) is 2.91. The summed E-state index contributed by atoms with van der Waals surface area (Å²) in [6.45, 7) is 4.52. The van der Waals surface area contributed by atoms with Crippen molar-refractivity contribution in [1.29, 1.82) is 0 Å². The maximum absolute atomic E-state index is 12.9. The van der Waals surface area contributed by atoms with E-state index in [-0.39, 0.29) is 24.3 Å². The molecular weight excluding hydrogens is 351 g/mol. The van der Waals surface area contributed by atoms with Gasteiger partial charge in [-0.05, 0) is 12.8 Å². The fraction of sp³-hybridized carbons (Fsp3) is 0.562. The van der Waals surface area contributed by atoms with Crippen LogP contribution in [0.2, 0.25) is 0 Å². The monoisotopic (exact) mass is 371 g/mol. The zero-order valence-corrected chi connectivity index (χ0v) is 14.9. The van der Waals surface area contributed by atoms with Gasteiger partial charge in [0.05, 0.1) is 24.1 Å². The van der Waals surface area contributed by atoms with Crippen molar-refractivity contribution >= 4 is 11.6 Å². The van der Waals surface area contributed by atoms with E-state index in [0.29, 0.717) is 16.1 Å². The number of carbonyl (C=O) groups excluding carboxylic acids is 1. The molecule has 10 heteroatoms. The molecule has 7 nitrogen and oxygen atoms in total. The van der Waals surface area contributed by atoms with Crippen LogP contribution in [0.15, 0.2) is 16.8 Å². The maximum atomic E-state index is 12.9. The van der Waals surface area contributed by atoms with E-state index in [4.69, 9.17) is 4.52 Å². The first-order chi connectivity index (χ1) is 12.1. The third-order valence-corrected chi connectivity index (χ3v) is 4.50. The van der Waals surface area contributed by atoms with Gasteiger partial charge in [-0.3, -0.25) is 4.79 Å². The number of halogens is 3. The molecule has 3 heterocycles. The summed E-state index contributed by atoms with van der Waals surface area (Å²) in [7, 11) is 1.71. The molecule has 2 aromatic rings. The highest BCUT2D eigenvalue weighted by Gasteiger charge is 2.39. The lowest BCUT2D eigenvalue weighted by molar-refractivity contribution is -0.142. The molecule has 0 bridgehead atoms. The van der Waals surface area contributed by atoms with Gasteiger partial charge >= 0.3 is 6.18 Å². The Morgan fingerprint density at radius 1 is 1.35 bits per heavy atom. The van der Waals surface area contributed by atoms with Crippen molar-refractivity contribution < 1.29 is 22.5 Å². The van der Waals surface area contributed by atoms with E-state index in [1.54, 1.807) is 24.9 Å². The molecule has 1 amide bonds. The van der Waals surface area contributed by atoms with Gasteiger partial charge in [0.25, 0.3) is 5.91 Å². The quantitative estimate of drug-likeness (QED) is 0.827. The summed E-state index contributed by atoms with van der Waals surface area (Å²) >= 11 is 0. The zero-order valence-electron chi connectivity index (χ0n) is 14.9. The van der Waals surface area contributed by atoms with Gasteiger partial charge in [-0.25, -0.2) is 4.68 Å². The fourth-order valence-corrected chi connectivity index (χ4v) is 2.91. The van der Waals surface area contributed by atoms with E-state index >= 15 is 0 Å². The van der Waals surface area contributed by atoms with Crippen molar-refractivity contribution in [2.24, 2.45) is 0 Å². The molecule has 0 aliphatic carbocycles. The van der Waals surface area contributed by atoms with Gasteiger partial charge in [0.2, 0.25) is 0 Å². The number of anilines is 1. The molecule has 0 radical (unpaired) electrons. The first kappa shape index (κ1) is 18.3. The minimum atomic E-state index is -4.47. The first-order valence-electron chi connectivity index (χ1n) is 8.20. The van der Waals surface area contributed by atoms with Crippen molar-refractivity contribution in [3.05, 3.63) is 29.4 Å². The Labute approximate surface area is 148 Å². The SMILES string of the molecule is CC(C)c1cc(CN2C(=O)c3c(cnn3CC(F)(F)F)N(C)C2C)on1. The number of amides is 1. The average molecular weight is 371 g/mol. The van der Waals surface area contributed by atoms with E-state index in [1.165, 1.54) is 11.1 Å². The molecule has 1 aliphatic rings. The standard InChI is InChI=1S/C16H20F3N5O2/c1-9(2)12-5-11(26-21-12)7-23-10(3)22(4)13-6-20-24(8-16(17,18)19)14(13)15(23)25/h5-6,9-10H,7-8H2,1-4H3. The molecule has 0 N–H and O–H groups in total. The lowest BCUT2D eigenvalue weighted by atomic mass is 10.1. The van der Waals surface area contributed by atoms with Crippen LogP contribution in [0, 0.1) is 0 Å². The Balaban J connectivity index is 1.91. The van der Waals surface area contributed by atoms with Crippen LogP contribution in [0.4, 0.5) is 18.9 Å². The molecule has 0 fully saturated rings. The van der Waals surface area contributed by atoms with E-state index in [2.05, 4.69) is 10.3 Å². The smallest absolute Gasteiger partial charge is 0.359 e. The van der Waals surface area contributed by atoms with Crippen LogP contribution < -0.4 is 4.90 Å². The highest BCUT2D eigenvalue weighted by Crippen LogP contribution is 2.32. The second-order valence-electron chi connectivity index (χ2n) is 6.70. The Kier molecular flexibility index (Phi) is 4.45. The maximum Gasteiger partial charge on any atom is 0.408 e. The minimum absolute atomic E-state index is 0.0773. The third-order valence-electron chi connectivity index (χ3n) is 4.50. The molecule has 26 heavy (non-hydrogen) atoms. The van der Waals surface area contributed by atoms with Crippen LogP contribution in [-0.2, 0) is 13.1 Å². The average Bonchev–Trinajstić information content (AvgIpc) is 3.15. The summed E-state index contributed by atoms with van der Waals surface area (Å²) in [5.74, 6) is 0.131. The van der Waals surface area contributed by atoms with Gasteiger partial charge in [0, 0.05) is 13.1 Å². The molecule has 3 rings (SSSR count). The van der Waals surface area contributed by atoms with Gasteiger partial charge in [0.15, 0.2) is 5.76 Å². The molecule has 1 unspecified atom stereocenters. The summed E-state index contributed by atoms with van der Waals surface area (Å²) < 4.78 is 44.3. The van der Waals surface area contributed by atoms with Crippen LogP contribution in [-0.4, -0.2) is 45.1 Å². The summed E-state index contributed by atoms with van der Waals surface area (Å²) in [5.41, 5.74) is 1.06. The van der Waals surface area contributed by atoms with Crippen molar-refractivity contribution in [3.8, 4) is 0 Å². The lowest BCUT2D eigenvalue weighted by Crippen LogP contribution is -2.52. The molecule has 142 valence electrons. The first-order valence-corrected chi connectivity index (χ1v) is 8.20. The van der Waals surface area contributed by atoms with Crippen LogP contribution in [0.5, 0.6) is 0 Å².